The minimum Gasteiger partial charge on any atom is -0.493 e. The summed E-state index contributed by atoms with van der Waals surface area (Å²) >= 11 is 4.18. The topological polar surface area (TPSA) is 75.7 Å². The van der Waals surface area contributed by atoms with Crippen molar-refractivity contribution in [3.05, 3.63) is 75.6 Å². The van der Waals surface area contributed by atoms with E-state index in [0.29, 0.717) is 22.5 Å². The van der Waals surface area contributed by atoms with Gasteiger partial charge in [-0.1, -0.05) is 42.5 Å². The summed E-state index contributed by atoms with van der Waals surface area (Å²) in [7, 11) is 0. The van der Waals surface area contributed by atoms with Crippen molar-refractivity contribution >= 4 is 67.3 Å². The molecule has 1 aliphatic heterocycles. The number of carbonyl (C=O) groups excluding carboxylic acids is 3. The van der Waals surface area contributed by atoms with Gasteiger partial charge in [-0.15, -0.1) is 0 Å². The van der Waals surface area contributed by atoms with Crippen LogP contribution in [0, 0.1) is 0 Å². The van der Waals surface area contributed by atoms with Crippen LogP contribution in [0.3, 0.4) is 0 Å². The lowest BCUT2D eigenvalue weighted by Gasteiger charge is -2.13. The molecule has 0 aliphatic carbocycles. The molecule has 3 aromatic rings. The van der Waals surface area contributed by atoms with E-state index in [9.17, 15) is 14.4 Å². The summed E-state index contributed by atoms with van der Waals surface area (Å²) in [6, 6.07) is 18.7. The summed E-state index contributed by atoms with van der Waals surface area (Å²) in [6.07, 6.45) is 1.67. The van der Waals surface area contributed by atoms with Crippen molar-refractivity contribution in [2.75, 3.05) is 18.5 Å². The highest BCUT2D eigenvalue weighted by molar-refractivity contribution is 9.10. The standard InChI is InChI=1S/C24H19BrN2O4S/c1-2-31-20-12-11-15-7-3-4-8-16(15)17(20)13-21-23(29)27(24(30)32-21)14-22(28)26-19-10-6-5-9-18(19)25/h3-13H,2,14H2,1H3,(H,26,28)/b21-13+. The van der Waals surface area contributed by atoms with Gasteiger partial charge >= 0.3 is 0 Å². The number of nitrogens with one attached hydrogen (secondary N) is 1. The third kappa shape index (κ3) is 4.56. The Morgan fingerprint density at radius 3 is 2.62 bits per heavy atom. The van der Waals surface area contributed by atoms with Gasteiger partial charge in [-0.05, 0) is 69.7 Å². The normalized spacial score (nSPS) is 14.9. The molecule has 162 valence electrons. The van der Waals surface area contributed by atoms with E-state index >= 15 is 0 Å². The number of fused-ring (bicyclic) bond motifs is 1. The van der Waals surface area contributed by atoms with Crippen LogP contribution >= 0.6 is 27.7 Å². The van der Waals surface area contributed by atoms with Gasteiger partial charge in [0.25, 0.3) is 11.1 Å². The monoisotopic (exact) mass is 510 g/mol. The lowest BCUT2D eigenvalue weighted by molar-refractivity contribution is -0.127. The summed E-state index contributed by atoms with van der Waals surface area (Å²) in [5, 5.41) is 4.14. The summed E-state index contributed by atoms with van der Waals surface area (Å²) in [6.45, 7) is 1.99. The molecule has 8 heteroatoms. The number of carbonyl (C=O) groups is 3. The fraction of sp³-hybridized carbons (Fsp3) is 0.125. The molecule has 1 heterocycles. The minimum absolute atomic E-state index is 0.251. The predicted molar refractivity (Wildman–Crippen MR) is 131 cm³/mol. The summed E-state index contributed by atoms with van der Waals surface area (Å²) < 4.78 is 6.46. The Morgan fingerprint density at radius 2 is 1.84 bits per heavy atom. The molecule has 0 unspecified atom stereocenters. The number of anilines is 1. The summed E-state index contributed by atoms with van der Waals surface area (Å²) in [5.74, 6) is -0.331. The van der Waals surface area contributed by atoms with Gasteiger partial charge in [-0.25, -0.2) is 0 Å². The van der Waals surface area contributed by atoms with E-state index in [1.54, 1.807) is 24.3 Å². The van der Waals surface area contributed by atoms with E-state index in [-0.39, 0.29) is 11.4 Å². The molecule has 1 aliphatic rings. The van der Waals surface area contributed by atoms with Gasteiger partial charge < -0.3 is 10.1 Å². The van der Waals surface area contributed by atoms with Crippen LogP contribution < -0.4 is 10.1 Å². The Balaban J connectivity index is 1.60. The first kappa shape index (κ1) is 22.1. The van der Waals surface area contributed by atoms with Crippen LogP contribution in [0.15, 0.2) is 70.0 Å². The average molecular weight is 511 g/mol. The maximum Gasteiger partial charge on any atom is 0.294 e. The highest BCUT2D eigenvalue weighted by atomic mass is 79.9. The first-order chi connectivity index (χ1) is 15.5. The van der Waals surface area contributed by atoms with E-state index in [0.717, 1.165) is 33.0 Å². The fourth-order valence-electron chi connectivity index (χ4n) is 3.37. The molecule has 4 rings (SSSR count). The lowest BCUT2D eigenvalue weighted by Crippen LogP contribution is -2.36. The smallest absolute Gasteiger partial charge is 0.294 e. The van der Waals surface area contributed by atoms with Crippen molar-refractivity contribution in [1.82, 2.24) is 4.90 Å². The van der Waals surface area contributed by atoms with E-state index in [1.807, 2.05) is 49.4 Å². The average Bonchev–Trinajstić information content (AvgIpc) is 3.04. The Morgan fingerprint density at radius 1 is 1.09 bits per heavy atom. The molecule has 0 spiro atoms. The molecular formula is C24H19BrN2O4S. The molecule has 3 amide bonds. The fourth-order valence-corrected chi connectivity index (χ4v) is 4.57. The maximum absolute atomic E-state index is 13.0. The molecule has 0 radical (unpaired) electrons. The zero-order chi connectivity index (χ0) is 22.7. The first-order valence-electron chi connectivity index (χ1n) is 9.92. The van der Waals surface area contributed by atoms with E-state index < -0.39 is 17.1 Å². The van der Waals surface area contributed by atoms with Gasteiger partial charge in [0, 0.05) is 10.0 Å². The number of hydrogen-bond donors (Lipinski definition) is 1. The van der Waals surface area contributed by atoms with Crippen LogP contribution in [-0.2, 0) is 9.59 Å². The van der Waals surface area contributed by atoms with Crippen LogP contribution in [0.4, 0.5) is 10.5 Å². The molecule has 0 atom stereocenters. The van der Waals surface area contributed by atoms with Gasteiger partial charge in [0.15, 0.2) is 0 Å². The summed E-state index contributed by atoms with van der Waals surface area (Å²) in [4.78, 5) is 39.2. The molecule has 3 aromatic carbocycles. The maximum atomic E-state index is 13.0. The van der Waals surface area contributed by atoms with Gasteiger partial charge in [0.2, 0.25) is 5.91 Å². The number of imide groups is 1. The molecular weight excluding hydrogens is 492 g/mol. The number of ether oxygens (including phenoxy) is 1. The Hall–Kier alpha value is -3.10. The second-order valence-corrected chi connectivity index (χ2v) is 8.77. The summed E-state index contributed by atoms with van der Waals surface area (Å²) in [5.41, 5.74) is 1.30. The number of hydrogen-bond acceptors (Lipinski definition) is 5. The zero-order valence-electron chi connectivity index (χ0n) is 17.1. The Kier molecular flexibility index (Phi) is 6.62. The third-order valence-electron chi connectivity index (χ3n) is 4.83. The molecule has 0 aromatic heterocycles. The second-order valence-electron chi connectivity index (χ2n) is 6.93. The highest BCUT2D eigenvalue weighted by Crippen LogP contribution is 2.36. The van der Waals surface area contributed by atoms with Crippen molar-refractivity contribution in [1.29, 1.82) is 0 Å². The quantitative estimate of drug-likeness (QED) is 0.432. The number of amides is 3. The first-order valence-corrected chi connectivity index (χ1v) is 11.5. The van der Waals surface area contributed by atoms with E-state index in [2.05, 4.69) is 21.2 Å². The number of benzene rings is 3. The molecule has 1 saturated heterocycles. The second kappa shape index (κ2) is 9.58. The molecule has 6 nitrogen and oxygen atoms in total. The molecule has 1 N–H and O–H groups in total. The molecule has 1 fully saturated rings. The van der Waals surface area contributed by atoms with Gasteiger partial charge in [0.1, 0.15) is 12.3 Å². The Labute approximate surface area is 197 Å². The molecule has 0 saturated carbocycles. The van der Waals surface area contributed by atoms with Gasteiger partial charge in [0.05, 0.1) is 17.2 Å². The van der Waals surface area contributed by atoms with Crippen molar-refractivity contribution in [3.8, 4) is 5.75 Å². The molecule has 0 bridgehead atoms. The van der Waals surface area contributed by atoms with Crippen molar-refractivity contribution in [2.45, 2.75) is 6.92 Å². The van der Waals surface area contributed by atoms with Crippen LogP contribution in [0.1, 0.15) is 12.5 Å². The van der Waals surface area contributed by atoms with Crippen molar-refractivity contribution < 1.29 is 19.1 Å². The number of halogens is 1. The minimum atomic E-state index is -0.502. The number of para-hydroxylation sites is 1. The highest BCUT2D eigenvalue weighted by Gasteiger charge is 2.36. The Bertz CT molecular complexity index is 1260. The molecule has 32 heavy (non-hydrogen) atoms. The largest absolute Gasteiger partial charge is 0.493 e. The van der Waals surface area contributed by atoms with Gasteiger partial charge in [-0.2, -0.15) is 0 Å². The number of thioether (sulfide) groups is 1. The van der Waals surface area contributed by atoms with Crippen molar-refractivity contribution in [2.24, 2.45) is 0 Å². The lowest BCUT2D eigenvalue weighted by atomic mass is 10.0. The predicted octanol–water partition coefficient (Wildman–Crippen LogP) is 5.68. The SMILES string of the molecule is CCOc1ccc2ccccc2c1/C=C1/SC(=O)N(CC(=O)Nc2ccccc2Br)C1=O. The van der Waals surface area contributed by atoms with Crippen LogP contribution in [0.25, 0.3) is 16.8 Å². The van der Waals surface area contributed by atoms with E-state index in [1.165, 1.54) is 0 Å². The van der Waals surface area contributed by atoms with Crippen LogP contribution in [0.5, 0.6) is 5.75 Å². The zero-order valence-corrected chi connectivity index (χ0v) is 19.5. The van der Waals surface area contributed by atoms with Crippen LogP contribution in [0.2, 0.25) is 0 Å². The van der Waals surface area contributed by atoms with Crippen LogP contribution in [-0.4, -0.2) is 35.1 Å². The third-order valence-corrected chi connectivity index (χ3v) is 6.43. The van der Waals surface area contributed by atoms with Gasteiger partial charge in [-0.3, -0.25) is 19.3 Å². The van der Waals surface area contributed by atoms with E-state index in [4.69, 9.17) is 4.74 Å². The van der Waals surface area contributed by atoms with Crippen molar-refractivity contribution in [3.63, 3.8) is 0 Å². The number of rotatable bonds is 6. The number of nitrogens with zero attached hydrogens (tertiary/aromatic N) is 1.